The summed E-state index contributed by atoms with van der Waals surface area (Å²) in [7, 11) is 0. The van der Waals surface area contributed by atoms with Gasteiger partial charge in [0.1, 0.15) is 0 Å². The first kappa shape index (κ1) is 9.56. The third kappa shape index (κ3) is 2.06. The monoisotopic (exact) mass is 164 g/mol. The van der Waals surface area contributed by atoms with Crippen molar-refractivity contribution in [3.63, 3.8) is 0 Å². The molecule has 0 aromatic rings. The summed E-state index contributed by atoms with van der Waals surface area (Å²) in [5.74, 6) is 0. The molecule has 0 aliphatic heterocycles. The summed E-state index contributed by atoms with van der Waals surface area (Å²) < 4.78 is 1.02. The molecule has 0 spiro atoms. The molecule has 0 saturated carbocycles. The molecule has 0 aliphatic carbocycles. The van der Waals surface area contributed by atoms with Crippen molar-refractivity contribution < 1.29 is 4.79 Å². The van der Waals surface area contributed by atoms with Crippen molar-refractivity contribution in [3.8, 4) is 0 Å². The number of amides is 2. The van der Waals surface area contributed by atoms with E-state index in [-0.39, 0.29) is 5.54 Å². The van der Waals surface area contributed by atoms with Gasteiger partial charge < -0.3 is 5.73 Å². The Bertz CT molecular complexity index is 136. The molecule has 60 valence electrons. The van der Waals surface area contributed by atoms with Gasteiger partial charge in [-0.2, -0.15) is 0 Å². The van der Waals surface area contributed by atoms with Crippen molar-refractivity contribution in [1.29, 1.82) is 0 Å². The minimum atomic E-state index is -0.603. The van der Waals surface area contributed by atoms with E-state index in [2.05, 4.69) is 0 Å². The van der Waals surface area contributed by atoms with Crippen LogP contribution < -0.4 is 5.73 Å². The van der Waals surface area contributed by atoms with Crippen molar-refractivity contribution in [3.05, 3.63) is 0 Å². The molecule has 4 heteroatoms. The van der Waals surface area contributed by atoms with Crippen LogP contribution >= 0.6 is 11.8 Å². The normalized spacial score (nSPS) is 11.2. The van der Waals surface area contributed by atoms with Crippen LogP contribution in [0.25, 0.3) is 0 Å². The third-order valence-electron chi connectivity index (χ3n) is 1.59. The summed E-state index contributed by atoms with van der Waals surface area (Å²) in [6.45, 7) is 5.65. The molecule has 2 N–H and O–H groups in total. The predicted molar refractivity (Wildman–Crippen MR) is 41.6 cm³/mol. The molecule has 0 fully saturated rings. The van der Waals surface area contributed by atoms with Crippen LogP contribution in [0.4, 0.5) is 4.79 Å². The molecule has 0 heterocycles. The van der Waals surface area contributed by atoms with Crippen LogP contribution in [0.15, 0.2) is 0 Å². The summed E-state index contributed by atoms with van der Waals surface area (Å²) in [5.41, 5.74) is 4.60. The van der Waals surface area contributed by atoms with E-state index in [1.165, 1.54) is 0 Å². The second-order valence-corrected chi connectivity index (χ2v) is 3.12. The number of rotatable bonds is 2. The number of halogens is 1. The Hall–Kier alpha value is -0.440. The summed E-state index contributed by atoms with van der Waals surface area (Å²) in [5, 5.41) is 0. The Balaban J connectivity index is 4.17. The van der Waals surface area contributed by atoms with Gasteiger partial charge in [0.25, 0.3) is 0 Å². The molecule has 0 atom stereocenters. The summed E-state index contributed by atoms with van der Waals surface area (Å²) >= 11 is 5.57. The van der Waals surface area contributed by atoms with Crippen molar-refractivity contribution in [2.45, 2.75) is 32.7 Å². The first-order valence-corrected chi connectivity index (χ1v) is 3.51. The smallest absolute Gasteiger partial charge is 0.329 e. The van der Waals surface area contributed by atoms with E-state index in [9.17, 15) is 4.79 Å². The van der Waals surface area contributed by atoms with Crippen molar-refractivity contribution in [2.24, 2.45) is 5.73 Å². The van der Waals surface area contributed by atoms with Gasteiger partial charge in [-0.05, 0) is 20.3 Å². The van der Waals surface area contributed by atoms with Gasteiger partial charge in [-0.3, -0.25) is 0 Å². The zero-order valence-electron chi connectivity index (χ0n) is 6.52. The molecule has 0 bridgehead atoms. The SMILES string of the molecule is CCC(C)(C)N(Cl)C(N)=O. The molecule has 0 saturated heterocycles. The maximum Gasteiger partial charge on any atom is 0.329 e. The van der Waals surface area contributed by atoms with Crippen LogP contribution in [0.3, 0.4) is 0 Å². The van der Waals surface area contributed by atoms with Crippen molar-refractivity contribution in [2.75, 3.05) is 0 Å². The first-order valence-electron chi connectivity index (χ1n) is 3.17. The number of hydrogen-bond donors (Lipinski definition) is 1. The highest BCUT2D eigenvalue weighted by Crippen LogP contribution is 2.19. The third-order valence-corrected chi connectivity index (χ3v) is 2.21. The van der Waals surface area contributed by atoms with Gasteiger partial charge in [0, 0.05) is 11.8 Å². The number of primary amides is 1. The van der Waals surface area contributed by atoms with Gasteiger partial charge in [0.15, 0.2) is 0 Å². The van der Waals surface area contributed by atoms with E-state index in [0.29, 0.717) is 0 Å². The van der Waals surface area contributed by atoms with Gasteiger partial charge >= 0.3 is 6.03 Å². The van der Waals surface area contributed by atoms with Crippen LogP contribution in [0, 0.1) is 0 Å². The lowest BCUT2D eigenvalue weighted by molar-refractivity contribution is 0.198. The van der Waals surface area contributed by atoms with Gasteiger partial charge in [-0.15, -0.1) is 0 Å². The Morgan fingerprint density at radius 2 is 2.10 bits per heavy atom. The number of nitrogens with two attached hydrogens (primary N) is 1. The zero-order chi connectivity index (χ0) is 8.36. The van der Waals surface area contributed by atoms with Crippen molar-refractivity contribution >= 4 is 17.8 Å². The zero-order valence-corrected chi connectivity index (χ0v) is 7.27. The van der Waals surface area contributed by atoms with Crippen LogP contribution in [0.1, 0.15) is 27.2 Å². The van der Waals surface area contributed by atoms with Gasteiger partial charge in [0.2, 0.25) is 0 Å². The maximum atomic E-state index is 10.5. The Morgan fingerprint density at radius 3 is 2.20 bits per heavy atom. The lowest BCUT2D eigenvalue weighted by Crippen LogP contribution is -2.43. The quantitative estimate of drug-likeness (QED) is 0.621. The molecule has 0 aliphatic rings. The fourth-order valence-electron chi connectivity index (χ4n) is 0.437. The standard InChI is InChI=1S/C6H13ClN2O/c1-4-6(2,3)9(7)5(8)10/h4H2,1-3H3,(H2,8,10). The second-order valence-electron chi connectivity index (χ2n) is 2.79. The van der Waals surface area contributed by atoms with E-state index >= 15 is 0 Å². The Kier molecular flexibility index (Phi) is 2.96. The fraction of sp³-hybridized carbons (Fsp3) is 0.833. The highest BCUT2D eigenvalue weighted by molar-refractivity contribution is 6.21. The molecule has 0 aromatic carbocycles. The van der Waals surface area contributed by atoms with Crippen LogP contribution in [0.2, 0.25) is 0 Å². The minimum absolute atomic E-state index is 0.354. The number of urea groups is 1. The number of hydrogen-bond acceptors (Lipinski definition) is 1. The van der Waals surface area contributed by atoms with E-state index in [4.69, 9.17) is 17.5 Å². The average molecular weight is 165 g/mol. The minimum Gasteiger partial charge on any atom is -0.350 e. The van der Waals surface area contributed by atoms with E-state index < -0.39 is 6.03 Å². The number of carbonyl (C=O) groups excluding carboxylic acids is 1. The molecule has 2 amide bonds. The summed E-state index contributed by atoms with van der Waals surface area (Å²) in [6.07, 6.45) is 0.777. The highest BCUT2D eigenvalue weighted by Gasteiger charge is 2.25. The van der Waals surface area contributed by atoms with Crippen LogP contribution in [0.5, 0.6) is 0 Å². The number of carbonyl (C=O) groups is 1. The largest absolute Gasteiger partial charge is 0.350 e. The topological polar surface area (TPSA) is 46.3 Å². The molecular formula is C6H13ClN2O. The summed E-state index contributed by atoms with van der Waals surface area (Å²) in [6, 6.07) is -0.603. The molecular weight excluding hydrogens is 152 g/mol. The maximum absolute atomic E-state index is 10.5. The molecule has 0 unspecified atom stereocenters. The van der Waals surface area contributed by atoms with Crippen molar-refractivity contribution in [1.82, 2.24) is 4.42 Å². The molecule has 0 radical (unpaired) electrons. The van der Waals surface area contributed by atoms with Crippen LogP contribution in [-0.2, 0) is 0 Å². The van der Waals surface area contributed by atoms with E-state index in [1.54, 1.807) is 0 Å². The highest BCUT2D eigenvalue weighted by atomic mass is 35.5. The molecule has 3 nitrogen and oxygen atoms in total. The van der Waals surface area contributed by atoms with Gasteiger partial charge in [-0.1, -0.05) is 6.92 Å². The number of nitrogens with zero attached hydrogens (tertiary/aromatic N) is 1. The molecule has 0 rings (SSSR count). The van der Waals surface area contributed by atoms with Gasteiger partial charge in [-0.25, -0.2) is 9.21 Å². The summed E-state index contributed by atoms with van der Waals surface area (Å²) in [4.78, 5) is 10.5. The van der Waals surface area contributed by atoms with E-state index in [1.807, 2.05) is 20.8 Å². The second kappa shape index (κ2) is 3.10. The van der Waals surface area contributed by atoms with Crippen LogP contribution in [-0.4, -0.2) is 16.0 Å². The molecule has 10 heavy (non-hydrogen) atoms. The predicted octanol–water partition coefficient (Wildman–Crippen LogP) is 1.71. The Labute approximate surface area is 66.2 Å². The van der Waals surface area contributed by atoms with Gasteiger partial charge in [0.05, 0.1) is 5.54 Å². The molecule has 0 aromatic heterocycles. The fourth-order valence-corrected chi connectivity index (χ4v) is 0.557. The van der Waals surface area contributed by atoms with E-state index in [0.717, 1.165) is 10.8 Å². The lowest BCUT2D eigenvalue weighted by atomic mass is 10.0. The lowest BCUT2D eigenvalue weighted by Gasteiger charge is -2.29. The average Bonchev–Trinajstić information content (AvgIpc) is 1.86. The first-order chi connectivity index (χ1) is 4.41. The Morgan fingerprint density at radius 1 is 1.70 bits per heavy atom.